The second-order valence-electron chi connectivity index (χ2n) is 3.76. The Labute approximate surface area is 100 Å². The fraction of sp³-hybridized carbons (Fsp3) is 0.545. The molecular formula is C11H17N5O. The highest BCUT2D eigenvalue weighted by Gasteiger charge is 2.11. The minimum Gasteiger partial charge on any atom is -0.372 e. The van der Waals surface area contributed by atoms with Crippen molar-refractivity contribution in [3.8, 4) is 6.07 Å². The van der Waals surface area contributed by atoms with E-state index in [1.165, 1.54) is 10.7 Å². The van der Waals surface area contributed by atoms with Crippen LogP contribution in [-0.2, 0) is 0 Å². The van der Waals surface area contributed by atoms with Gasteiger partial charge in [0.2, 0.25) is 0 Å². The molecule has 1 unspecified atom stereocenters. The van der Waals surface area contributed by atoms with Gasteiger partial charge in [0.05, 0.1) is 18.0 Å². The van der Waals surface area contributed by atoms with Crippen LogP contribution in [0.5, 0.6) is 0 Å². The summed E-state index contributed by atoms with van der Waals surface area (Å²) < 4.78 is 1.21. The van der Waals surface area contributed by atoms with Gasteiger partial charge in [0.15, 0.2) is 0 Å². The first kappa shape index (κ1) is 13.2. The van der Waals surface area contributed by atoms with Gasteiger partial charge >= 0.3 is 0 Å². The van der Waals surface area contributed by atoms with Gasteiger partial charge < -0.3 is 10.6 Å². The Kier molecular flexibility index (Phi) is 4.67. The van der Waals surface area contributed by atoms with E-state index in [4.69, 9.17) is 11.0 Å². The van der Waals surface area contributed by atoms with E-state index >= 15 is 0 Å². The Morgan fingerprint density at radius 1 is 1.71 bits per heavy atom. The molecule has 0 spiro atoms. The fourth-order valence-electron chi connectivity index (χ4n) is 1.49. The van der Waals surface area contributed by atoms with Crippen molar-refractivity contribution in [2.24, 2.45) is 5.73 Å². The van der Waals surface area contributed by atoms with Crippen molar-refractivity contribution in [1.82, 2.24) is 9.78 Å². The second-order valence-corrected chi connectivity index (χ2v) is 3.76. The zero-order valence-electron chi connectivity index (χ0n) is 10.1. The van der Waals surface area contributed by atoms with E-state index in [0.29, 0.717) is 25.2 Å². The van der Waals surface area contributed by atoms with Gasteiger partial charge in [-0.15, -0.1) is 0 Å². The smallest absolute Gasteiger partial charge is 0.270 e. The SMILES string of the molecule is CCC(C#N)n1ncc(N(C)CCN)cc1=O. The molecule has 1 heterocycles. The van der Waals surface area contributed by atoms with Gasteiger partial charge in [0.25, 0.3) is 5.56 Å². The molecule has 0 radical (unpaired) electrons. The Bertz CT molecular complexity index is 462. The lowest BCUT2D eigenvalue weighted by Crippen LogP contribution is -2.30. The quantitative estimate of drug-likeness (QED) is 0.782. The van der Waals surface area contributed by atoms with Crippen LogP contribution in [0.3, 0.4) is 0 Å². The van der Waals surface area contributed by atoms with Gasteiger partial charge in [-0.05, 0) is 6.42 Å². The fourth-order valence-corrected chi connectivity index (χ4v) is 1.49. The van der Waals surface area contributed by atoms with Crippen molar-refractivity contribution in [1.29, 1.82) is 5.26 Å². The molecule has 1 aromatic heterocycles. The first-order valence-corrected chi connectivity index (χ1v) is 5.53. The van der Waals surface area contributed by atoms with E-state index < -0.39 is 6.04 Å². The lowest BCUT2D eigenvalue weighted by molar-refractivity contribution is 0.506. The average Bonchev–Trinajstić information content (AvgIpc) is 2.32. The highest BCUT2D eigenvalue weighted by molar-refractivity contribution is 5.41. The highest BCUT2D eigenvalue weighted by atomic mass is 16.1. The maximum absolute atomic E-state index is 11.8. The molecule has 0 fully saturated rings. The minimum atomic E-state index is -0.503. The second kappa shape index (κ2) is 6.01. The molecule has 0 bridgehead atoms. The molecule has 0 saturated carbocycles. The number of rotatable bonds is 5. The molecule has 0 aliphatic rings. The van der Waals surface area contributed by atoms with Crippen LogP contribution in [-0.4, -0.2) is 29.9 Å². The third kappa shape index (κ3) is 3.04. The summed E-state index contributed by atoms with van der Waals surface area (Å²) in [5.74, 6) is 0. The molecule has 0 saturated heterocycles. The summed E-state index contributed by atoms with van der Waals surface area (Å²) in [6, 6.07) is 3.02. The van der Waals surface area contributed by atoms with E-state index in [2.05, 4.69) is 5.10 Å². The molecule has 92 valence electrons. The van der Waals surface area contributed by atoms with Gasteiger partial charge in [-0.2, -0.15) is 10.4 Å². The third-order valence-corrected chi connectivity index (χ3v) is 2.55. The Hall–Kier alpha value is -1.87. The third-order valence-electron chi connectivity index (χ3n) is 2.55. The van der Waals surface area contributed by atoms with Crippen LogP contribution in [0.15, 0.2) is 17.1 Å². The van der Waals surface area contributed by atoms with E-state index in [1.807, 2.05) is 24.9 Å². The van der Waals surface area contributed by atoms with Crippen LogP contribution in [0, 0.1) is 11.3 Å². The summed E-state index contributed by atoms with van der Waals surface area (Å²) in [5.41, 5.74) is 5.89. The Balaban J connectivity index is 3.02. The molecule has 1 aromatic rings. The lowest BCUT2D eigenvalue weighted by atomic mass is 10.2. The predicted molar refractivity (Wildman–Crippen MR) is 65.8 cm³/mol. The molecule has 1 atom stereocenters. The molecule has 17 heavy (non-hydrogen) atoms. The monoisotopic (exact) mass is 235 g/mol. The van der Waals surface area contributed by atoms with E-state index in [0.717, 1.165) is 0 Å². The normalized spacial score (nSPS) is 11.9. The van der Waals surface area contributed by atoms with Crippen molar-refractivity contribution in [3.63, 3.8) is 0 Å². The van der Waals surface area contributed by atoms with Crippen LogP contribution in [0.25, 0.3) is 0 Å². The van der Waals surface area contributed by atoms with E-state index in [-0.39, 0.29) is 5.56 Å². The van der Waals surface area contributed by atoms with Crippen molar-refractivity contribution in [2.75, 3.05) is 25.0 Å². The van der Waals surface area contributed by atoms with Crippen molar-refractivity contribution >= 4 is 5.69 Å². The average molecular weight is 235 g/mol. The van der Waals surface area contributed by atoms with Gasteiger partial charge in [-0.3, -0.25) is 4.79 Å². The zero-order valence-corrected chi connectivity index (χ0v) is 10.1. The number of likely N-dealkylation sites (N-methyl/N-ethyl adjacent to an activating group) is 1. The molecule has 6 nitrogen and oxygen atoms in total. The van der Waals surface area contributed by atoms with Gasteiger partial charge in [0, 0.05) is 26.2 Å². The number of nitrogens with two attached hydrogens (primary N) is 1. The predicted octanol–water partition coefficient (Wildman–Crippen LogP) is 0.113. The van der Waals surface area contributed by atoms with Crippen LogP contribution >= 0.6 is 0 Å². The van der Waals surface area contributed by atoms with Crippen LogP contribution in [0.1, 0.15) is 19.4 Å². The van der Waals surface area contributed by atoms with Crippen LogP contribution in [0.2, 0.25) is 0 Å². The largest absolute Gasteiger partial charge is 0.372 e. The zero-order chi connectivity index (χ0) is 12.8. The van der Waals surface area contributed by atoms with Gasteiger partial charge in [0.1, 0.15) is 6.04 Å². The Morgan fingerprint density at radius 2 is 2.41 bits per heavy atom. The maximum Gasteiger partial charge on any atom is 0.270 e. The molecule has 0 aromatic carbocycles. The van der Waals surface area contributed by atoms with E-state index in [9.17, 15) is 4.79 Å². The summed E-state index contributed by atoms with van der Waals surface area (Å²) >= 11 is 0. The number of anilines is 1. The molecule has 2 N–H and O–H groups in total. The van der Waals surface area contributed by atoms with Gasteiger partial charge in [-0.1, -0.05) is 6.92 Å². The maximum atomic E-state index is 11.8. The summed E-state index contributed by atoms with van der Waals surface area (Å²) in [5, 5.41) is 12.9. The number of aromatic nitrogens is 2. The molecule has 1 rings (SSSR count). The molecule has 0 amide bonds. The van der Waals surface area contributed by atoms with Crippen molar-refractivity contribution < 1.29 is 0 Å². The Morgan fingerprint density at radius 3 is 2.88 bits per heavy atom. The lowest BCUT2D eigenvalue weighted by Gasteiger charge is -2.18. The minimum absolute atomic E-state index is 0.264. The number of nitrogens with zero attached hydrogens (tertiary/aromatic N) is 4. The highest BCUT2D eigenvalue weighted by Crippen LogP contribution is 2.09. The first-order valence-electron chi connectivity index (χ1n) is 5.53. The molecule has 6 heteroatoms. The van der Waals surface area contributed by atoms with Crippen molar-refractivity contribution in [2.45, 2.75) is 19.4 Å². The number of nitriles is 1. The van der Waals surface area contributed by atoms with Crippen molar-refractivity contribution in [3.05, 3.63) is 22.6 Å². The van der Waals surface area contributed by atoms with Crippen LogP contribution < -0.4 is 16.2 Å². The topological polar surface area (TPSA) is 87.9 Å². The number of hydrogen-bond donors (Lipinski definition) is 1. The summed E-state index contributed by atoms with van der Waals surface area (Å²) in [7, 11) is 1.84. The summed E-state index contributed by atoms with van der Waals surface area (Å²) in [6.45, 7) is 3.01. The molecule has 0 aliphatic carbocycles. The molecule has 0 aliphatic heterocycles. The summed E-state index contributed by atoms with van der Waals surface area (Å²) in [4.78, 5) is 13.7. The summed E-state index contributed by atoms with van der Waals surface area (Å²) in [6.07, 6.45) is 2.14. The number of hydrogen-bond acceptors (Lipinski definition) is 5. The van der Waals surface area contributed by atoms with E-state index in [1.54, 1.807) is 6.20 Å². The van der Waals surface area contributed by atoms with Crippen LogP contribution in [0.4, 0.5) is 5.69 Å². The first-order chi connectivity index (χ1) is 8.13. The molecular weight excluding hydrogens is 218 g/mol. The van der Waals surface area contributed by atoms with Gasteiger partial charge in [-0.25, -0.2) is 4.68 Å². The standard InChI is InChI=1S/C11H17N5O/c1-3-9(7-13)16-11(17)6-10(8-14-16)15(2)5-4-12/h6,8-9H,3-5,12H2,1-2H3.